The van der Waals surface area contributed by atoms with Gasteiger partial charge in [-0.1, -0.05) is 0 Å². The molecule has 2 aromatic rings. The third kappa shape index (κ3) is 3.60. The van der Waals surface area contributed by atoms with Crippen LogP contribution in [0.4, 0.5) is 17.5 Å². The maximum Gasteiger partial charge on any atom is 0.267 e. The van der Waals surface area contributed by atoms with Gasteiger partial charge in [0.05, 0.1) is 4.90 Å². The van der Waals surface area contributed by atoms with Crippen molar-refractivity contribution in [3.63, 3.8) is 0 Å². The number of carbonyl (C=O) groups excluding carboxylic acids is 1. The monoisotopic (exact) mass is 349 g/mol. The number of nitrogens with zero attached hydrogens (tertiary/aromatic N) is 1. The van der Waals surface area contributed by atoms with Gasteiger partial charge in [0.15, 0.2) is 16.9 Å². The van der Waals surface area contributed by atoms with Crippen LogP contribution in [0.25, 0.3) is 0 Å². The molecule has 1 amide bonds. The molecular formula is C14H15N5O4S. The average Bonchev–Trinajstić information content (AvgIpc) is 3.31. The molecule has 1 saturated carbocycles. The first-order valence-corrected chi connectivity index (χ1v) is 8.23. The summed E-state index contributed by atoms with van der Waals surface area (Å²) in [5.74, 6) is -0.632. The number of H-pyrrole nitrogens is 1. The Morgan fingerprint density at radius 3 is 2.54 bits per heavy atom. The summed E-state index contributed by atoms with van der Waals surface area (Å²) in [6, 6.07) is 6.22. The van der Waals surface area contributed by atoms with Gasteiger partial charge in [-0.3, -0.25) is 14.6 Å². The molecule has 0 aliphatic heterocycles. The number of aromatic amines is 1. The minimum Gasteiger partial charge on any atom is -0.365 e. The summed E-state index contributed by atoms with van der Waals surface area (Å²) in [5, 5.41) is 5.88. The summed E-state index contributed by atoms with van der Waals surface area (Å²) in [5.41, 5.74) is 4.82. The van der Waals surface area contributed by atoms with E-state index < -0.39 is 22.5 Å². The summed E-state index contributed by atoms with van der Waals surface area (Å²) in [4.78, 5) is 30.6. The molecule has 1 aromatic carbocycles. The Morgan fingerprint density at radius 1 is 1.33 bits per heavy atom. The van der Waals surface area contributed by atoms with E-state index in [2.05, 4.69) is 20.6 Å². The number of nitrogens with one attached hydrogen (secondary N) is 3. The maximum atomic E-state index is 12.1. The number of hydrogen-bond donors (Lipinski definition) is 5. The Kier molecular flexibility index (Phi) is 4.32. The molecule has 0 spiro atoms. The quantitative estimate of drug-likeness (QED) is 0.483. The second kappa shape index (κ2) is 6.42. The number of primary amides is 1. The molecule has 1 aliphatic carbocycles. The van der Waals surface area contributed by atoms with Crippen LogP contribution in [0.1, 0.15) is 23.2 Å². The Balaban J connectivity index is 1.94. The Morgan fingerprint density at radius 2 is 2.00 bits per heavy atom. The number of nitrogens with two attached hydrogens (primary N) is 1. The molecule has 6 N–H and O–H groups in total. The van der Waals surface area contributed by atoms with Crippen molar-refractivity contribution in [1.29, 1.82) is 0 Å². The van der Waals surface area contributed by atoms with Gasteiger partial charge < -0.3 is 20.9 Å². The van der Waals surface area contributed by atoms with Crippen LogP contribution in [0, 0.1) is 0 Å². The van der Waals surface area contributed by atoms with Crippen molar-refractivity contribution < 1.29 is 13.6 Å². The molecule has 1 unspecified atom stereocenters. The fourth-order valence-corrected chi connectivity index (χ4v) is 2.44. The van der Waals surface area contributed by atoms with Gasteiger partial charge in [0.25, 0.3) is 11.5 Å². The molecule has 0 radical (unpaired) electrons. The smallest absolute Gasteiger partial charge is 0.267 e. The van der Waals surface area contributed by atoms with E-state index >= 15 is 0 Å². The third-order valence-corrected chi connectivity index (χ3v) is 4.08. The molecule has 0 saturated heterocycles. The van der Waals surface area contributed by atoms with Crippen LogP contribution in [-0.4, -0.2) is 30.7 Å². The number of rotatable bonds is 6. The van der Waals surface area contributed by atoms with Gasteiger partial charge in [0, 0.05) is 11.7 Å². The molecule has 1 fully saturated rings. The Hall–Kier alpha value is -2.72. The van der Waals surface area contributed by atoms with Gasteiger partial charge in [-0.15, -0.1) is 0 Å². The van der Waals surface area contributed by atoms with Crippen molar-refractivity contribution in [1.82, 2.24) is 9.97 Å². The van der Waals surface area contributed by atoms with E-state index in [0.717, 1.165) is 12.8 Å². The van der Waals surface area contributed by atoms with Crippen molar-refractivity contribution in [3.05, 3.63) is 40.2 Å². The summed E-state index contributed by atoms with van der Waals surface area (Å²) in [6.45, 7) is 0. The Labute approximate surface area is 139 Å². The van der Waals surface area contributed by atoms with Gasteiger partial charge in [-0.25, -0.2) is 4.21 Å². The number of benzene rings is 1. The first-order chi connectivity index (χ1) is 11.4. The SMILES string of the molecule is NC(=O)c1c(Nc2ccc(S(=O)O)cc2)nc(NC2CC2)[nH]c1=O. The highest BCUT2D eigenvalue weighted by Gasteiger charge is 2.23. The van der Waals surface area contributed by atoms with Crippen LogP contribution in [0.3, 0.4) is 0 Å². The highest BCUT2D eigenvalue weighted by molar-refractivity contribution is 7.79. The van der Waals surface area contributed by atoms with Gasteiger partial charge in [-0.05, 0) is 37.1 Å². The van der Waals surface area contributed by atoms with E-state index in [9.17, 15) is 13.8 Å². The Bertz CT molecular complexity index is 860. The van der Waals surface area contributed by atoms with E-state index in [-0.39, 0.29) is 28.3 Å². The summed E-state index contributed by atoms with van der Waals surface area (Å²) < 4.78 is 20.0. The van der Waals surface area contributed by atoms with Crippen LogP contribution in [0.5, 0.6) is 0 Å². The lowest BCUT2D eigenvalue weighted by molar-refractivity contribution is 0.0999. The zero-order valence-corrected chi connectivity index (χ0v) is 13.2. The third-order valence-electron chi connectivity index (χ3n) is 3.40. The van der Waals surface area contributed by atoms with Crippen molar-refractivity contribution in [2.75, 3.05) is 10.6 Å². The van der Waals surface area contributed by atoms with Gasteiger partial charge in [0.2, 0.25) is 5.95 Å². The molecule has 3 rings (SSSR count). The number of carbonyl (C=O) groups is 1. The molecule has 1 heterocycles. The van der Waals surface area contributed by atoms with Crippen LogP contribution in [0.2, 0.25) is 0 Å². The normalized spacial score (nSPS) is 14.9. The topological polar surface area (TPSA) is 150 Å². The standard InChI is InChI=1S/C14H15N5O4S/c15-11(20)10-12(16-7-3-5-9(6-4-7)24(22)23)18-14(19-13(10)21)17-8-1-2-8/h3-6,8H,1-2H2,(H2,15,20)(H,22,23)(H3,16,17,18,19,21). The first kappa shape index (κ1) is 16.1. The molecule has 24 heavy (non-hydrogen) atoms. The predicted molar refractivity (Wildman–Crippen MR) is 88.8 cm³/mol. The molecule has 1 aromatic heterocycles. The second-order valence-corrected chi connectivity index (χ2v) is 6.29. The number of amides is 1. The number of hydrogen-bond acceptors (Lipinski definition) is 6. The van der Waals surface area contributed by atoms with Crippen LogP contribution < -0.4 is 21.9 Å². The minimum atomic E-state index is -2.09. The van der Waals surface area contributed by atoms with Gasteiger partial charge >= 0.3 is 0 Å². The lowest BCUT2D eigenvalue weighted by Gasteiger charge is -2.11. The number of anilines is 3. The highest BCUT2D eigenvalue weighted by Crippen LogP contribution is 2.24. The largest absolute Gasteiger partial charge is 0.365 e. The second-order valence-electron chi connectivity index (χ2n) is 5.32. The molecule has 0 bridgehead atoms. The van der Waals surface area contributed by atoms with E-state index in [1.807, 2.05) is 0 Å². The number of aromatic nitrogens is 2. The van der Waals surface area contributed by atoms with Crippen molar-refractivity contribution in [3.8, 4) is 0 Å². The minimum absolute atomic E-state index is 0.0206. The van der Waals surface area contributed by atoms with Gasteiger partial charge in [0.1, 0.15) is 5.56 Å². The fourth-order valence-electron chi connectivity index (χ4n) is 2.07. The van der Waals surface area contributed by atoms with Crippen LogP contribution >= 0.6 is 0 Å². The van der Waals surface area contributed by atoms with E-state index in [4.69, 9.17) is 10.3 Å². The van der Waals surface area contributed by atoms with Crippen molar-refractivity contribution >= 4 is 34.4 Å². The molecule has 10 heteroatoms. The zero-order valence-electron chi connectivity index (χ0n) is 12.4. The van der Waals surface area contributed by atoms with E-state index in [1.165, 1.54) is 24.3 Å². The highest BCUT2D eigenvalue weighted by atomic mass is 32.2. The fraction of sp³-hybridized carbons (Fsp3) is 0.214. The lowest BCUT2D eigenvalue weighted by Crippen LogP contribution is -2.27. The molecular weight excluding hydrogens is 334 g/mol. The summed E-state index contributed by atoms with van der Waals surface area (Å²) in [6.07, 6.45) is 1.98. The zero-order chi connectivity index (χ0) is 17.3. The molecule has 9 nitrogen and oxygen atoms in total. The summed E-state index contributed by atoms with van der Waals surface area (Å²) in [7, 11) is 0. The lowest BCUT2D eigenvalue weighted by atomic mass is 10.2. The summed E-state index contributed by atoms with van der Waals surface area (Å²) >= 11 is -2.09. The molecule has 1 atom stereocenters. The van der Waals surface area contributed by atoms with E-state index in [1.54, 1.807) is 0 Å². The molecule has 1 aliphatic rings. The van der Waals surface area contributed by atoms with Crippen LogP contribution in [-0.2, 0) is 11.1 Å². The van der Waals surface area contributed by atoms with E-state index in [0.29, 0.717) is 5.69 Å². The van der Waals surface area contributed by atoms with Crippen LogP contribution in [0.15, 0.2) is 34.0 Å². The predicted octanol–water partition coefficient (Wildman–Crippen LogP) is 0.767. The van der Waals surface area contributed by atoms with Crippen molar-refractivity contribution in [2.24, 2.45) is 5.73 Å². The maximum absolute atomic E-state index is 12.1. The first-order valence-electron chi connectivity index (χ1n) is 7.12. The molecule has 126 valence electrons. The average molecular weight is 349 g/mol. The van der Waals surface area contributed by atoms with Gasteiger partial charge in [-0.2, -0.15) is 4.98 Å². The van der Waals surface area contributed by atoms with Crippen molar-refractivity contribution in [2.45, 2.75) is 23.8 Å².